The summed E-state index contributed by atoms with van der Waals surface area (Å²) in [7, 11) is 0. The van der Waals surface area contributed by atoms with Gasteiger partial charge >= 0.3 is 0 Å². The Kier molecular flexibility index (Phi) is 6.24. The molecule has 0 bridgehead atoms. The van der Waals surface area contributed by atoms with E-state index in [0.29, 0.717) is 0 Å². The molecule has 8 heteroatoms. The predicted molar refractivity (Wildman–Crippen MR) is 118 cm³/mol. The zero-order valence-electron chi connectivity index (χ0n) is 17.7. The van der Waals surface area contributed by atoms with Crippen LogP contribution in [0.1, 0.15) is 43.3 Å². The fourth-order valence-electron chi connectivity index (χ4n) is 3.63. The molecule has 4 rings (SSSR count). The van der Waals surface area contributed by atoms with E-state index in [9.17, 15) is 4.79 Å². The monoisotopic (exact) mass is 424 g/mol. The van der Waals surface area contributed by atoms with Crippen LogP contribution in [0.25, 0.3) is 10.6 Å². The number of carbonyl (C=O) groups excluding carboxylic acids is 1. The molecule has 30 heavy (non-hydrogen) atoms. The van der Waals surface area contributed by atoms with Gasteiger partial charge in [-0.3, -0.25) is 9.69 Å². The minimum atomic E-state index is -0.150. The van der Waals surface area contributed by atoms with Gasteiger partial charge in [-0.1, -0.05) is 44.2 Å². The standard InChI is InChI=1S/C22H28N6OS/c1-15(2)21(29)24-16(3)20-26-25-19-9-10-27(11-12-28(19)20)14-18-13-23-22(30-18)17-7-5-4-6-8-17/h4-8,13,15-16H,9-12,14H2,1-3H3,(H,24,29)/t16-/m0/s1. The third-order valence-electron chi connectivity index (χ3n) is 5.37. The summed E-state index contributed by atoms with van der Waals surface area (Å²) in [6, 6.07) is 10.2. The number of hydrogen-bond acceptors (Lipinski definition) is 6. The molecule has 0 fully saturated rings. The van der Waals surface area contributed by atoms with Gasteiger partial charge in [-0.15, -0.1) is 21.5 Å². The van der Waals surface area contributed by atoms with Crippen LogP contribution in [0, 0.1) is 5.92 Å². The molecule has 3 heterocycles. The van der Waals surface area contributed by atoms with Gasteiger partial charge in [0.25, 0.3) is 0 Å². The Bertz CT molecular complexity index is 996. The van der Waals surface area contributed by atoms with E-state index < -0.39 is 0 Å². The van der Waals surface area contributed by atoms with Gasteiger partial charge in [-0.05, 0) is 6.92 Å². The summed E-state index contributed by atoms with van der Waals surface area (Å²) in [6.45, 7) is 9.33. The maximum absolute atomic E-state index is 12.1. The highest BCUT2D eigenvalue weighted by molar-refractivity contribution is 7.15. The molecule has 0 radical (unpaired) electrons. The topological polar surface area (TPSA) is 75.9 Å². The molecule has 1 amide bonds. The second-order valence-electron chi connectivity index (χ2n) is 8.03. The molecule has 1 N–H and O–H groups in total. The third kappa shape index (κ3) is 4.60. The average molecular weight is 425 g/mol. The van der Waals surface area contributed by atoms with Crippen molar-refractivity contribution in [3.8, 4) is 10.6 Å². The van der Waals surface area contributed by atoms with Crippen LogP contribution in [0.4, 0.5) is 0 Å². The molecule has 0 spiro atoms. The maximum atomic E-state index is 12.1. The molecule has 158 valence electrons. The van der Waals surface area contributed by atoms with Crippen LogP contribution in [-0.2, 0) is 24.3 Å². The van der Waals surface area contributed by atoms with E-state index in [1.165, 1.54) is 4.88 Å². The molecule has 0 aliphatic carbocycles. The SMILES string of the molecule is CC(C)C(=O)N[C@@H](C)c1nnc2n1CCN(Cc1cnc(-c3ccccc3)s1)CC2. The summed E-state index contributed by atoms with van der Waals surface area (Å²) in [5.74, 6) is 1.82. The number of rotatable bonds is 6. The quantitative estimate of drug-likeness (QED) is 0.657. The second kappa shape index (κ2) is 9.06. The minimum Gasteiger partial charge on any atom is -0.346 e. The largest absolute Gasteiger partial charge is 0.346 e. The molecule has 3 aromatic rings. The van der Waals surface area contributed by atoms with E-state index in [1.807, 2.05) is 45.2 Å². The Labute approximate surface area is 181 Å². The van der Waals surface area contributed by atoms with Crippen LogP contribution in [0.15, 0.2) is 36.5 Å². The van der Waals surface area contributed by atoms with Crippen molar-refractivity contribution < 1.29 is 4.79 Å². The summed E-state index contributed by atoms with van der Waals surface area (Å²) in [6.07, 6.45) is 2.84. The zero-order valence-corrected chi connectivity index (χ0v) is 18.5. The highest BCUT2D eigenvalue weighted by atomic mass is 32.1. The van der Waals surface area contributed by atoms with Crippen LogP contribution in [0.5, 0.6) is 0 Å². The van der Waals surface area contributed by atoms with Gasteiger partial charge in [0.15, 0.2) is 5.82 Å². The van der Waals surface area contributed by atoms with E-state index in [1.54, 1.807) is 11.3 Å². The van der Waals surface area contributed by atoms with E-state index in [4.69, 9.17) is 0 Å². The molecule has 2 aromatic heterocycles. The van der Waals surface area contributed by atoms with Crippen LogP contribution in [0.2, 0.25) is 0 Å². The highest BCUT2D eigenvalue weighted by Gasteiger charge is 2.23. The number of aromatic nitrogens is 4. The summed E-state index contributed by atoms with van der Waals surface area (Å²) in [5, 5.41) is 12.9. The van der Waals surface area contributed by atoms with Crippen LogP contribution in [0.3, 0.4) is 0 Å². The summed E-state index contributed by atoms with van der Waals surface area (Å²) >= 11 is 1.75. The van der Waals surface area contributed by atoms with Gasteiger partial charge in [0.2, 0.25) is 5.91 Å². The maximum Gasteiger partial charge on any atom is 0.223 e. The number of carbonyl (C=O) groups is 1. The Morgan fingerprint density at radius 3 is 2.70 bits per heavy atom. The van der Waals surface area contributed by atoms with Crippen molar-refractivity contribution in [3.63, 3.8) is 0 Å². The molecular weight excluding hydrogens is 396 g/mol. The Morgan fingerprint density at radius 2 is 1.93 bits per heavy atom. The Morgan fingerprint density at radius 1 is 1.13 bits per heavy atom. The molecule has 0 saturated carbocycles. The first-order valence-corrected chi connectivity index (χ1v) is 11.3. The van der Waals surface area contributed by atoms with Crippen molar-refractivity contribution in [2.75, 3.05) is 13.1 Å². The molecule has 1 atom stereocenters. The van der Waals surface area contributed by atoms with Gasteiger partial charge in [-0.25, -0.2) is 4.98 Å². The number of nitrogens with zero attached hydrogens (tertiary/aromatic N) is 5. The van der Waals surface area contributed by atoms with Crippen molar-refractivity contribution in [1.29, 1.82) is 0 Å². The van der Waals surface area contributed by atoms with Crippen LogP contribution in [-0.4, -0.2) is 43.6 Å². The normalized spacial score (nSPS) is 15.6. The van der Waals surface area contributed by atoms with Crippen molar-refractivity contribution in [1.82, 2.24) is 30.0 Å². The highest BCUT2D eigenvalue weighted by Crippen LogP contribution is 2.26. The molecule has 1 aromatic carbocycles. The first kappa shape index (κ1) is 20.7. The lowest BCUT2D eigenvalue weighted by molar-refractivity contribution is -0.124. The number of fused-ring (bicyclic) bond motifs is 1. The number of nitrogens with one attached hydrogen (secondary N) is 1. The number of benzene rings is 1. The summed E-state index contributed by atoms with van der Waals surface area (Å²) < 4.78 is 2.17. The molecule has 7 nitrogen and oxygen atoms in total. The first-order chi connectivity index (χ1) is 14.5. The summed E-state index contributed by atoms with van der Waals surface area (Å²) in [5.41, 5.74) is 1.16. The lowest BCUT2D eigenvalue weighted by Gasteiger charge is -2.19. The Balaban J connectivity index is 1.40. The van der Waals surface area contributed by atoms with E-state index >= 15 is 0 Å². The lowest BCUT2D eigenvalue weighted by atomic mass is 10.2. The lowest BCUT2D eigenvalue weighted by Crippen LogP contribution is -2.32. The van der Waals surface area contributed by atoms with Crippen molar-refractivity contribution in [2.45, 2.75) is 46.3 Å². The minimum absolute atomic E-state index is 0.0366. The van der Waals surface area contributed by atoms with Gasteiger partial charge < -0.3 is 9.88 Å². The van der Waals surface area contributed by atoms with E-state index in [2.05, 4.69) is 42.1 Å². The van der Waals surface area contributed by atoms with Gasteiger partial charge in [0, 0.05) is 55.2 Å². The van der Waals surface area contributed by atoms with Crippen molar-refractivity contribution >= 4 is 17.2 Å². The Hall–Kier alpha value is -2.58. The molecule has 1 aliphatic heterocycles. The van der Waals surface area contributed by atoms with Crippen LogP contribution >= 0.6 is 11.3 Å². The number of hydrogen-bond donors (Lipinski definition) is 1. The fourth-order valence-corrected chi connectivity index (χ4v) is 4.59. The summed E-state index contributed by atoms with van der Waals surface area (Å²) in [4.78, 5) is 20.4. The average Bonchev–Trinajstić information content (AvgIpc) is 3.32. The molecule has 0 unspecified atom stereocenters. The van der Waals surface area contributed by atoms with Gasteiger partial charge in [-0.2, -0.15) is 0 Å². The van der Waals surface area contributed by atoms with Crippen molar-refractivity contribution in [3.05, 3.63) is 53.1 Å². The number of thiazole rings is 1. The second-order valence-corrected chi connectivity index (χ2v) is 9.15. The van der Waals surface area contributed by atoms with E-state index in [-0.39, 0.29) is 17.9 Å². The molecular formula is C22H28N6OS. The molecule has 1 aliphatic rings. The predicted octanol–water partition coefficient (Wildman–Crippen LogP) is 3.29. The van der Waals surface area contributed by atoms with E-state index in [0.717, 1.165) is 54.8 Å². The first-order valence-electron chi connectivity index (χ1n) is 10.5. The molecule has 0 saturated heterocycles. The number of amides is 1. The fraction of sp³-hybridized carbons (Fsp3) is 0.455. The third-order valence-corrected chi connectivity index (χ3v) is 6.40. The van der Waals surface area contributed by atoms with Crippen molar-refractivity contribution in [2.24, 2.45) is 5.92 Å². The smallest absolute Gasteiger partial charge is 0.223 e. The van der Waals surface area contributed by atoms with Gasteiger partial charge in [0.05, 0.1) is 6.04 Å². The van der Waals surface area contributed by atoms with Gasteiger partial charge in [0.1, 0.15) is 10.8 Å². The van der Waals surface area contributed by atoms with Crippen LogP contribution < -0.4 is 5.32 Å². The zero-order chi connectivity index (χ0) is 21.1.